The van der Waals surface area contributed by atoms with E-state index in [0.717, 1.165) is 16.8 Å². The SMILES string of the molecule is CC(=O)N1CCN(C(=O)Nc2nc(CC(=O)Nc3cc(C)ccc3C)cs2)CC1. The number of carbonyl (C=O) groups excluding carboxylic acids is 3. The first kappa shape index (κ1) is 20.8. The Balaban J connectivity index is 1.51. The van der Waals surface area contributed by atoms with Gasteiger partial charge in [0.1, 0.15) is 0 Å². The molecule has 1 saturated heterocycles. The van der Waals surface area contributed by atoms with Gasteiger partial charge in [-0.25, -0.2) is 9.78 Å². The molecule has 0 radical (unpaired) electrons. The summed E-state index contributed by atoms with van der Waals surface area (Å²) < 4.78 is 0. The van der Waals surface area contributed by atoms with Gasteiger partial charge in [0.05, 0.1) is 12.1 Å². The first-order chi connectivity index (χ1) is 13.8. The molecule has 0 saturated carbocycles. The predicted octanol–water partition coefficient (Wildman–Crippen LogP) is 2.64. The van der Waals surface area contributed by atoms with E-state index in [1.807, 2.05) is 32.0 Å². The van der Waals surface area contributed by atoms with Gasteiger partial charge in [0.2, 0.25) is 11.8 Å². The highest BCUT2D eigenvalue weighted by atomic mass is 32.1. The molecule has 1 aromatic carbocycles. The number of rotatable bonds is 4. The molecule has 1 aliphatic heterocycles. The van der Waals surface area contributed by atoms with Crippen molar-refractivity contribution >= 4 is 40.0 Å². The van der Waals surface area contributed by atoms with Crippen molar-refractivity contribution in [3.05, 3.63) is 40.4 Å². The van der Waals surface area contributed by atoms with Crippen LogP contribution < -0.4 is 10.6 Å². The molecule has 0 unspecified atom stereocenters. The average Bonchev–Trinajstić information content (AvgIpc) is 3.11. The molecule has 29 heavy (non-hydrogen) atoms. The Kier molecular flexibility index (Phi) is 6.48. The van der Waals surface area contributed by atoms with Crippen LogP contribution in [-0.4, -0.2) is 58.8 Å². The van der Waals surface area contributed by atoms with Crippen molar-refractivity contribution in [1.29, 1.82) is 0 Å². The second-order valence-corrected chi connectivity index (χ2v) is 7.97. The summed E-state index contributed by atoms with van der Waals surface area (Å²) in [4.78, 5) is 43.8. The fourth-order valence-electron chi connectivity index (χ4n) is 3.07. The number of nitrogens with zero attached hydrogens (tertiary/aromatic N) is 3. The number of hydrogen-bond acceptors (Lipinski definition) is 5. The third kappa shape index (κ3) is 5.54. The van der Waals surface area contributed by atoms with E-state index < -0.39 is 0 Å². The van der Waals surface area contributed by atoms with E-state index in [2.05, 4.69) is 15.6 Å². The molecule has 3 rings (SSSR count). The molecule has 2 aromatic rings. The van der Waals surface area contributed by atoms with Gasteiger partial charge < -0.3 is 15.1 Å². The van der Waals surface area contributed by atoms with Crippen LogP contribution in [0.4, 0.5) is 15.6 Å². The Bertz CT molecular complexity index is 919. The van der Waals surface area contributed by atoms with Crippen LogP contribution in [0.1, 0.15) is 23.7 Å². The maximum atomic E-state index is 12.4. The monoisotopic (exact) mass is 415 g/mol. The Labute approximate surface area is 173 Å². The molecule has 8 nitrogen and oxygen atoms in total. The molecule has 2 N–H and O–H groups in total. The summed E-state index contributed by atoms with van der Waals surface area (Å²) in [7, 11) is 0. The highest BCUT2D eigenvalue weighted by molar-refractivity contribution is 7.13. The van der Waals surface area contributed by atoms with Gasteiger partial charge in [-0.2, -0.15) is 0 Å². The minimum absolute atomic E-state index is 0.0220. The Morgan fingerprint density at radius 3 is 2.45 bits per heavy atom. The van der Waals surface area contributed by atoms with Crippen LogP contribution in [0.3, 0.4) is 0 Å². The summed E-state index contributed by atoms with van der Waals surface area (Å²) in [6.07, 6.45) is 0.136. The highest BCUT2D eigenvalue weighted by Crippen LogP contribution is 2.19. The van der Waals surface area contributed by atoms with E-state index in [9.17, 15) is 14.4 Å². The molecule has 9 heteroatoms. The number of nitrogens with one attached hydrogen (secondary N) is 2. The summed E-state index contributed by atoms with van der Waals surface area (Å²) >= 11 is 1.29. The summed E-state index contributed by atoms with van der Waals surface area (Å²) in [6.45, 7) is 7.49. The Morgan fingerprint density at radius 1 is 1.07 bits per heavy atom. The van der Waals surface area contributed by atoms with Gasteiger partial charge in [-0.1, -0.05) is 12.1 Å². The molecular formula is C20H25N5O3S. The van der Waals surface area contributed by atoms with Gasteiger partial charge >= 0.3 is 6.03 Å². The normalized spacial score (nSPS) is 13.9. The van der Waals surface area contributed by atoms with Crippen molar-refractivity contribution < 1.29 is 14.4 Å². The van der Waals surface area contributed by atoms with E-state index in [-0.39, 0.29) is 24.3 Å². The number of amides is 4. The number of thiazole rings is 1. The topological polar surface area (TPSA) is 94.6 Å². The Morgan fingerprint density at radius 2 is 1.76 bits per heavy atom. The molecule has 0 spiro atoms. The van der Waals surface area contributed by atoms with Crippen LogP contribution in [0.2, 0.25) is 0 Å². The maximum absolute atomic E-state index is 12.4. The second-order valence-electron chi connectivity index (χ2n) is 7.11. The van der Waals surface area contributed by atoms with Crippen molar-refractivity contribution in [3.63, 3.8) is 0 Å². The second kappa shape index (κ2) is 9.04. The third-order valence-corrected chi connectivity index (χ3v) is 5.59. The molecule has 0 atom stereocenters. The molecule has 2 heterocycles. The number of aromatic nitrogens is 1. The number of carbonyl (C=O) groups is 3. The first-order valence-corrected chi connectivity index (χ1v) is 10.3. The molecule has 1 fully saturated rings. The van der Waals surface area contributed by atoms with Crippen LogP contribution in [0, 0.1) is 13.8 Å². The number of piperazine rings is 1. The van der Waals surface area contributed by atoms with E-state index in [4.69, 9.17) is 0 Å². The zero-order valence-corrected chi connectivity index (χ0v) is 17.6. The van der Waals surface area contributed by atoms with Gasteiger partial charge in [-0.15, -0.1) is 11.3 Å². The zero-order valence-electron chi connectivity index (χ0n) is 16.8. The van der Waals surface area contributed by atoms with Crippen molar-refractivity contribution in [1.82, 2.24) is 14.8 Å². The lowest BCUT2D eigenvalue weighted by Gasteiger charge is -2.33. The number of benzene rings is 1. The van der Waals surface area contributed by atoms with Crippen molar-refractivity contribution in [2.45, 2.75) is 27.2 Å². The number of urea groups is 1. The standard InChI is InChI=1S/C20H25N5O3S/c1-13-4-5-14(2)17(10-13)22-18(27)11-16-12-29-19(21-16)23-20(28)25-8-6-24(7-9-25)15(3)26/h4-5,10,12H,6-9,11H2,1-3H3,(H,22,27)(H,21,23,28). The smallest absolute Gasteiger partial charge is 0.323 e. The number of aryl methyl sites for hydroxylation is 2. The molecule has 0 aliphatic carbocycles. The van der Waals surface area contributed by atoms with E-state index >= 15 is 0 Å². The van der Waals surface area contributed by atoms with Gasteiger partial charge in [-0.3, -0.25) is 14.9 Å². The predicted molar refractivity (Wildman–Crippen MR) is 113 cm³/mol. The molecule has 1 aromatic heterocycles. The minimum Gasteiger partial charge on any atom is -0.339 e. The lowest BCUT2D eigenvalue weighted by atomic mass is 10.1. The summed E-state index contributed by atoms with van der Waals surface area (Å²) in [6, 6.07) is 5.66. The third-order valence-electron chi connectivity index (χ3n) is 4.79. The lowest BCUT2D eigenvalue weighted by Crippen LogP contribution is -2.51. The molecular weight excluding hydrogens is 390 g/mol. The van der Waals surface area contributed by atoms with Gasteiger partial charge in [0.25, 0.3) is 0 Å². The van der Waals surface area contributed by atoms with Gasteiger partial charge in [0, 0.05) is 44.2 Å². The largest absolute Gasteiger partial charge is 0.339 e. The summed E-state index contributed by atoms with van der Waals surface area (Å²) in [5.41, 5.74) is 3.48. The highest BCUT2D eigenvalue weighted by Gasteiger charge is 2.23. The van der Waals surface area contributed by atoms with Crippen LogP contribution >= 0.6 is 11.3 Å². The Hall–Kier alpha value is -2.94. The van der Waals surface area contributed by atoms with E-state index in [0.29, 0.717) is 37.0 Å². The average molecular weight is 416 g/mol. The maximum Gasteiger partial charge on any atom is 0.323 e. The number of hydrogen-bond donors (Lipinski definition) is 2. The van der Waals surface area contributed by atoms with Crippen molar-refractivity contribution in [2.75, 3.05) is 36.8 Å². The van der Waals surface area contributed by atoms with Gasteiger partial charge in [-0.05, 0) is 31.0 Å². The van der Waals surface area contributed by atoms with Crippen LogP contribution in [0.25, 0.3) is 0 Å². The van der Waals surface area contributed by atoms with Gasteiger partial charge in [0.15, 0.2) is 5.13 Å². The quantitative estimate of drug-likeness (QED) is 0.803. The fourth-order valence-corrected chi connectivity index (χ4v) is 3.77. The molecule has 1 aliphatic rings. The van der Waals surface area contributed by atoms with Crippen molar-refractivity contribution in [3.8, 4) is 0 Å². The molecule has 154 valence electrons. The summed E-state index contributed by atoms with van der Waals surface area (Å²) in [5.74, 6) is -0.129. The number of anilines is 2. The summed E-state index contributed by atoms with van der Waals surface area (Å²) in [5, 5.41) is 7.91. The lowest BCUT2D eigenvalue weighted by molar-refractivity contribution is -0.130. The van der Waals surface area contributed by atoms with Crippen LogP contribution in [-0.2, 0) is 16.0 Å². The van der Waals surface area contributed by atoms with Crippen molar-refractivity contribution in [2.24, 2.45) is 0 Å². The van der Waals surface area contributed by atoms with Crippen LogP contribution in [0.15, 0.2) is 23.6 Å². The minimum atomic E-state index is -0.242. The molecule has 4 amide bonds. The van der Waals surface area contributed by atoms with E-state index in [1.165, 1.54) is 18.3 Å². The molecule has 0 bridgehead atoms. The van der Waals surface area contributed by atoms with E-state index in [1.54, 1.807) is 15.2 Å². The van der Waals surface area contributed by atoms with Crippen LogP contribution in [0.5, 0.6) is 0 Å². The zero-order chi connectivity index (χ0) is 21.0. The first-order valence-electron chi connectivity index (χ1n) is 9.45. The fraction of sp³-hybridized carbons (Fsp3) is 0.400.